The quantitative estimate of drug-likeness (QED) is 0.369. The molecule has 0 fully saturated rings. The monoisotopic (exact) mass is 478 g/mol. The van der Waals surface area contributed by atoms with Crippen LogP contribution in [-0.2, 0) is 13.0 Å². The highest BCUT2D eigenvalue weighted by molar-refractivity contribution is 14.0. The molecule has 1 aromatic carbocycles. The van der Waals surface area contributed by atoms with Gasteiger partial charge >= 0.3 is 0 Å². The van der Waals surface area contributed by atoms with Crippen molar-refractivity contribution < 1.29 is 0 Å². The Balaban J connectivity index is 0.00000288. The summed E-state index contributed by atoms with van der Waals surface area (Å²) in [5.41, 5.74) is 1.99. The summed E-state index contributed by atoms with van der Waals surface area (Å²) in [7, 11) is 0. The molecule has 24 heavy (non-hydrogen) atoms. The minimum absolute atomic E-state index is 0. The fourth-order valence-electron chi connectivity index (χ4n) is 2.01. The van der Waals surface area contributed by atoms with E-state index in [9.17, 15) is 0 Å². The number of benzene rings is 1. The third-order valence-electron chi connectivity index (χ3n) is 3.17. The van der Waals surface area contributed by atoms with Crippen LogP contribution >= 0.6 is 47.2 Å². The fourth-order valence-corrected chi connectivity index (χ4v) is 2.48. The van der Waals surface area contributed by atoms with Gasteiger partial charge in [0.2, 0.25) is 0 Å². The van der Waals surface area contributed by atoms with Gasteiger partial charge in [0.1, 0.15) is 0 Å². The van der Waals surface area contributed by atoms with Crippen LogP contribution in [0.5, 0.6) is 0 Å². The summed E-state index contributed by atoms with van der Waals surface area (Å²) in [5, 5.41) is 7.78. The van der Waals surface area contributed by atoms with E-state index in [1.54, 1.807) is 12.3 Å². The standard InChI is InChI=1S/C17H20Cl2N4.HI/c1-2-20-17(22-10-8-15-5-3-4-9-21-15)23-12-13-6-7-14(18)11-16(13)19;/h3-7,9,11H,2,8,10,12H2,1H3,(H2,20,22,23);1H. The van der Waals surface area contributed by atoms with Crippen LogP contribution in [0.1, 0.15) is 18.2 Å². The van der Waals surface area contributed by atoms with Gasteiger partial charge in [-0.05, 0) is 36.8 Å². The molecule has 2 N–H and O–H groups in total. The first-order chi connectivity index (χ1) is 11.2. The van der Waals surface area contributed by atoms with E-state index in [4.69, 9.17) is 23.2 Å². The van der Waals surface area contributed by atoms with Gasteiger partial charge in [0, 0.05) is 41.4 Å². The summed E-state index contributed by atoms with van der Waals surface area (Å²) in [6.07, 6.45) is 2.64. The summed E-state index contributed by atoms with van der Waals surface area (Å²) in [4.78, 5) is 8.86. The SMILES string of the molecule is CCNC(=NCc1ccc(Cl)cc1Cl)NCCc1ccccn1.I. The molecule has 0 atom stereocenters. The van der Waals surface area contributed by atoms with Crippen LogP contribution in [0.3, 0.4) is 0 Å². The highest BCUT2D eigenvalue weighted by Gasteiger charge is 2.02. The molecule has 0 aliphatic heterocycles. The van der Waals surface area contributed by atoms with Crippen LogP contribution in [0.4, 0.5) is 0 Å². The van der Waals surface area contributed by atoms with Crippen LogP contribution in [0.25, 0.3) is 0 Å². The molecule has 7 heteroatoms. The Kier molecular flexibility index (Phi) is 10.1. The molecule has 1 aromatic heterocycles. The van der Waals surface area contributed by atoms with Crippen LogP contribution < -0.4 is 10.6 Å². The molecule has 0 aliphatic carbocycles. The number of aliphatic imine (C=N–C) groups is 1. The summed E-state index contributed by atoms with van der Waals surface area (Å²) in [6, 6.07) is 11.4. The molecule has 4 nitrogen and oxygen atoms in total. The van der Waals surface area contributed by atoms with Crippen molar-refractivity contribution in [3.63, 3.8) is 0 Å². The van der Waals surface area contributed by atoms with Gasteiger partial charge in [0.05, 0.1) is 6.54 Å². The van der Waals surface area contributed by atoms with Gasteiger partial charge in [-0.2, -0.15) is 0 Å². The van der Waals surface area contributed by atoms with Crippen molar-refractivity contribution in [3.8, 4) is 0 Å². The van der Waals surface area contributed by atoms with Crippen LogP contribution in [0.2, 0.25) is 10.0 Å². The molecular weight excluding hydrogens is 458 g/mol. The molecule has 0 aliphatic rings. The number of hydrogen-bond donors (Lipinski definition) is 2. The van der Waals surface area contributed by atoms with Crippen molar-refractivity contribution in [1.29, 1.82) is 0 Å². The van der Waals surface area contributed by atoms with Crippen LogP contribution in [-0.4, -0.2) is 24.0 Å². The lowest BCUT2D eigenvalue weighted by molar-refractivity contribution is 0.788. The third-order valence-corrected chi connectivity index (χ3v) is 3.75. The molecule has 0 amide bonds. The van der Waals surface area contributed by atoms with Crippen molar-refractivity contribution in [2.24, 2.45) is 4.99 Å². The number of pyridine rings is 1. The van der Waals surface area contributed by atoms with Gasteiger partial charge in [-0.1, -0.05) is 35.3 Å². The van der Waals surface area contributed by atoms with Gasteiger partial charge in [0.25, 0.3) is 0 Å². The normalized spacial score (nSPS) is 10.9. The Hall–Kier alpha value is -1.05. The predicted molar refractivity (Wildman–Crippen MR) is 113 cm³/mol. The van der Waals surface area contributed by atoms with Gasteiger partial charge in [-0.15, -0.1) is 24.0 Å². The molecule has 130 valence electrons. The van der Waals surface area contributed by atoms with Gasteiger partial charge in [-0.3, -0.25) is 4.98 Å². The molecule has 0 bridgehead atoms. The highest BCUT2D eigenvalue weighted by Crippen LogP contribution is 2.21. The van der Waals surface area contributed by atoms with E-state index in [1.165, 1.54) is 0 Å². The molecule has 0 saturated heterocycles. The molecule has 2 rings (SSSR count). The van der Waals surface area contributed by atoms with E-state index in [1.807, 2.05) is 37.3 Å². The van der Waals surface area contributed by atoms with Crippen LogP contribution in [0.15, 0.2) is 47.6 Å². The highest BCUT2D eigenvalue weighted by atomic mass is 127. The van der Waals surface area contributed by atoms with Crippen molar-refractivity contribution in [1.82, 2.24) is 15.6 Å². The van der Waals surface area contributed by atoms with Crippen molar-refractivity contribution in [2.45, 2.75) is 19.9 Å². The largest absolute Gasteiger partial charge is 0.357 e. The summed E-state index contributed by atoms with van der Waals surface area (Å²) in [6.45, 7) is 4.08. The average molecular weight is 479 g/mol. The Morgan fingerprint density at radius 1 is 1.17 bits per heavy atom. The molecular formula is C17H21Cl2IN4. The molecule has 1 heterocycles. The minimum atomic E-state index is 0. The average Bonchev–Trinajstić information content (AvgIpc) is 2.55. The first-order valence-electron chi connectivity index (χ1n) is 7.55. The zero-order chi connectivity index (χ0) is 16.5. The fraction of sp³-hybridized carbons (Fsp3) is 0.294. The maximum atomic E-state index is 6.17. The number of rotatable bonds is 6. The number of nitrogens with one attached hydrogen (secondary N) is 2. The van der Waals surface area contributed by atoms with Gasteiger partial charge in [-0.25, -0.2) is 4.99 Å². The van der Waals surface area contributed by atoms with E-state index < -0.39 is 0 Å². The second kappa shape index (κ2) is 11.5. The van der Waals surface area contributed by atoms with Crippen molar-refractivity contribution in [3.05, 3.63) is 63.9 Å². The molecule has 2 aromatic rings. The maximum Gasteiger partial charge on any atom is 0.191 e. The van der Waals surface area contributed by atoms with Crippen molar-refractivity contribution in [2.75, 3.05) is 13.1 Å². The molecule has 0 radical (unpaired) electrons. The number of aromatic nitrogens is 1. The lowest BCUT2D eigenvalue weighted by Gasteiger charge is -2.11. The zero-order valence-electron chi connectivity index (χ0n) is 13.4. The smallest absolute Gasteiger partial charge is 0.191 e. The maximum absolute atomic E-state index is 6.17. The number of nitrogens with zero attached hydrogens (tertiary/aromatic N) is 2. The second-order valence-corrected chi connectivity index (χ2v) is 5.77. The topological polar surface area (TPSA) is 49.3 Å². The lowest BCUT2D eigenvalue weighted by Crippen LogP contribution is -2.38. The third kappa shape index (κ3) is 7.23. The van der Waals surface area contributed by atoms with E-state index in [-0.39, 0.29) is 24.0 Å². The number of halogens is 3. The predicted octanol–water partition coefficient (Wildman–Crippen LogP) is 4.30. The van der Waals surface area contributed by atoms with E-state index in [0.29, 0.717) is 16.6 Å². The minimum Gasteiger partial charge on any atom is -0.357 e. The first-order valence-corrected chi connectivity index (χ1v) is 8.30. The van der Waals surface area contributed by atoms with Gasteiger partial charge < -0.3 is 10.6 Å². The summed E-state index contributed by atoms with van der Waals surface area (Å²) < 4.78 is 0. The second-order valence-electron chi connectivity index (χ2n) is 4.93. The van der Waals surface area contributed by atoms with Crippen LogP contribution in [0, 0.1) is 0 Å². The van der Waals surface area contributed by atoms with E-state index in [0.717, 1.165) is 36.7 Å². The Bertz CT molecular complexity index is 650. The first kappa shape index (κ1) is 21.0. The van der Waals surface area contributed by atoms with E-state index >= 15 is 0 Å². The number of hydrogen-bond acceptors (Lipinski definition) is 2. The zero-order valence-corrected chi connectivity index (χ0v) is 17.3. The Labute approximate surface area is 170 Å². The Morgan fingerprint density at radius 2 is 2.00 bits per heavy atom. The summed E-state index contributed by atoms with van der Waals surface area (Å²) >= 11 is 12.1. The van der Waals surface area contributed by atoms with Crippen molar-refractivity contribution >= 4 is 53.1 Å². The van der Waals surface area contributed by atoms with Gasteiger partial charge in [0.15, 0.2) is 5.96 Å². The number of guanidine groups is 1. The molecule has 0 saturated carbocycles. The van der Waals surface area contributed by atoms with E-state index in [2.05, 4.69) is 20.6 Å². The molecule has 0 spiro atoms. The molecule has 0 unspecified atom stereocenters. The Morgan fingerprint density at radius 3 is 2.67 bits per heavy atom. The summed E-state index contributed by atoms with van der Waals surface area (Å²) in [5.74, 6) is 0.759. The lowest BCUT2D eigenvalue weighted by atomic mass is 10.2.